The van der Waals surface area contributed by atoms with E-state index in [1.54, 1.807) is 18.6 Å². The molecule has 1 aromatic rings. The van der Waals surface area contributed by atoms with Crippen LogP contribution in [0.25, 0.3) is 0 Å². The van der Waals surface area contributed by atoms with Gasteiger partial charge in [-0.2, -0.15) is 0 Å². The van der Waals surface area contributed by atoms with Gasteiger partial charge < -0.3 is 4.42 Å². The van der Waals surface area contributed by atoms with Crippen LogP contribution in [-0.4, -0.2) is 0 Å². The van der Waals surface area contributed by atoms with Crippen LogP contribution in [0.2, 0.25) is 0 Å². The summed E-state index contributed by atoms with van der Waals surface area (Å²) in [6, 6.07) is 1.78. The van der Waals surface area contributed by atoms with Crippen LogP contribution in [0.3, 0.4) is 0 Å². The molecule has 0 saturated carbocycles. The molecule has 0 N–H and O–H groups in total. The summed E-state index contributed by atoms with van der Waals surface area (Å²) >= 11 is 3.94. The highest BCUT2D eigenvalue weighted by atomic mass is 32.1. The number of hydrogen-bond donors (Lipinski definition) is 1. The standard InChI is InChI=1S/C4H4OS.C3H8/c6-4-1-2-5-3-4;1-3-2/h1-3,6H;3H2,1-2H3. The Kier molecular flexibility index (Phi) is 5.52. The van der Waals surface area contributed by atoms with E-state index in [2.05, 4.69) is 30.9 Å². The van der Waals surface area contributed by atoms with Gasteiger partial charge in [-0.1, -0.05) is 20.3 Å². The fourth-order valence-electron chi connectivity index (χ4n) is 0.257. The van der Waals surface area contributed by atoms with Crippen molar-refractivity contribution >= 4 is 12.6 Å². The Labute approximate surface area is 61.5 Å². The number of thiol groups is 1. The molecule has 1 rings (SSSR count). The zero-order chi connectivity index (χ0) is 7.11. The van der Waals surface area contributed by atoms with Gasteiger partial charge in [0.1, 0.15) is 6.26 Å². The van der Waals surface area contributed by atoms with Crippen molar-refractivity contribution in [2.75, 3.05) is 0 Å². The van der Waals surface area contributed by atoms with Crippen LogP contribution in [0.4, 0.5) is 0 Å². The third kappa shape index (κ3) is 5.50. The summed E-state index contributed by atoms with van der Waals surface area (Å²) in [6.07, 6.45) is 4.41. The van der Waals surface area contributed by atoms with Crippen LogP contribution in [0.1, 0.15) is 20.3 Å². The highest BCUT2D eigenvalue weighted by molar-refractivity contribution is 7.80. The second-order valence-electron chi connectivity index (χ2n) is 1.69. The van der Waals surface area contributed by atoms with E-state index in [1.165, 1.54) is 6.42 Å². The minimum absolute atomic E-state index is 0.870. The molecule has 0 aromatic carbocycles. The number of rotatable bonds is 0. The van der Waals surface area contributed by atoms with Crippen molar-refractivity contribution in [3.63, 3.8) is 0 Å². The van der Waals surface area contributed by atoms with Crippen LogP contribution in [0.5, 0.6) is 0 Å². The molecule has 2 heteroatoms. The third-order valence-corrected chi connectivity index (χ3v) is 0.761. The molecule has 9 heavy (non-hydrogen) atoms. The second kappa shape index (κ2) is 5.76. The van der Waals surface area contributed by atoms with Crippen LogP contribution >= 0.6 is 12.6 Å². The molecule has 0 fully saturated rings. The summed E-state index contributed by atoms with van der Waals surface area (Å²) in [5, 5.41) is 0. The minimum Gasteiger partial charge on any atom is -0.471 e. The third-order valence-electron chi connectivity index (χ3n) is 0.506. The molecule has 0 aliphatic carbocycles. The van der Waals surface area contributed by atoms with Gasteiger partial charge in [0.05, 0.1) is 6.26 Å². The largest absolute Gasteiger partial charge is 0.471 e. The average Bonchev–Trinajstić information content (AvgIpc) is 2.20. The first kappa shape index (κ1) is 8.63. The molecule has 1 heterocycles. The minimum atomic E-state index is 0.870. The van der Waals surface area contributed by atoms with Gasteiger partial charge in [-0.05, 0) is 6.07 Å². The smallest absolute Gasteiger partial charge is 0.104 e. The van der Waals surface area contributed by atoms with E-state index in [0.29, 0.717) is 0 Å². The van der Waals surface area contributed by atoms with Gasteiger partial charge in [0.15, 0.2) is 0 Å². The molecule has 0 aliphatic heterocycles. The lowest BCUT2D eigenvalue weighted by Gasteiger charge is -1.62. The van der Waals surface area contributed by atoms with E-state index in [1.807, 2.05) is 0 Å². The zero-order valence-corrected chi connectivity index (χ0v) is 6.69. The van der Waals surface area contributed by atoms with E-state index in [0.717, 1.165) is 4.90 Å². The van der Waals surface area contributed by atoms with Crippen molar-refractivity contribution in [1.82, 2.24) is 0 Å². The SMILES string of the molecule is CCC.Sc1ccoc1. The van der Waals surface area contributed by atoms with Crippen molar-refractivity contribution in [2.45, 2.75) is 25.2 Å². The Morgan fingerprint density at radius 1 is 1.56 bits per heavy atom. The predicted molar refractivity (Wildman–Crippen MR) is 41.9 cm³/mol. The van der Waals surface area contributed by atoms with E-state index >= 15 is 0 Å². The van der Waals surface area contributed by atoms with Crippen molar-refractivity contribution in [1.29, 1.82) is 0 Å². The molecule has 0 aliphatic rings. The highest BCUT2D eigenvalue weighted by Gasteiger charge is 1.77. The Balaban J connectivity index is 0.000000187. The van der Waals surface area contributed by atoms with Crippen LogP contribution in [0, 0.1) is 0 Å². The summed E-state index contributed by atoms with van der Waals surface area (Å²) < 4.78 is 4.64. The first-order valence-electron chi connectivity index (χ1n) is 3.02. The first-order valence-corrected chi connectivity index (χ1v) is 3.47. The van der Waals surface area contributed by atoms with Gasteiger partial charge in [-0.25, -0.2) is 0 Å². The van der Waals surface area contributed by atoms with Crippen molar-refractivity contribution in [3.05, 3.63) is 18.6 Å². The Hall–Kier alpha value is -0.370. The lowest BCUT2D eigenvalue weighted by atomic mass is 10.6. The molecule has 0 atom stereocenters. The summed E-state index contributed by atoms with van der Waals surface area (Å²) in [5.41, 5.74) is 0. The molecule has 52 valence electrons. The van der Waals surface area contributed by atoms with Gasteiger partial charge in [-0.15, -0.1) is 12.6 Å². The Bertz CT molecular complexity index is 123. The predicted octanol–water partition coefficient (Wildman–Crippen LogP) is 2.98. The Morgan fingerprint density at radius 3 is 2.22 bits per heavy atom. The number of furan rings is 1. The number of hydrogen-bond acceptors (Lipinski definition) is 2. The molecule has 1 aromatic heterocycles. The molecular formula is C7H12OS. The average molecular weight is 144 g/mol. The highest BCUT2D eigenvalue weighted by Crippen LogP contribution is 2.02. The zero-order valence-electron chi connectivity index (χ0n) is 5.79. The monoisotopic (exact) mass is 144 g/mol. The van der Waals surface area contributed by atoms with E-state index in [-0.39, 0.29) is 0 Å². The summed E-state index contributed by atoms with van der Waals surface area (Å²) in [6.45, 7) is 4.25. The normalized spacial score (nSPS) is 7.89. The second-order valence-corrected chi connectivity index (χ2v) is 2.21. The lowest BCUT2D eigenvalue weighted by Crippen LogP contribution is -1.37. The van der Waals surface area contributed by atoms with Crippen LogP contribution in [-0.2, 0) is 0 Å². The fourth-order valence-corrected chi connectivity index (χ4v) is 0.379. The maximum absolute atomic E-state index is 4.64. The maximum Gasteiger partial charge on any atom is 0.104 e. The molecule has 0 unspecified atom stereocenters. The molecule has 0 amide bonds. The summed E-state index contributed by atoms with van der Waals surface area (Å²) in [4.78, 5) is 0.870. The molecule has 0 saturated heterocycles. The van der Waals surface area contributed by atoms with Gasteiger partial charge in [0.25, 0.3) is 0 Å². The van der Waals surface area contributed by atoms with E-state index < -0.39 is 0 Å². The summed E-state index contributed by atoms with van der Waals surface area (Å²) in [7, 11) is 0. The van der Waals surface area contributed by atoms with Gasteiger partial charge in [0.2, 0.25) is 0 Å². The first-order chi connectivity index (χ1) is 4.31. The molecule has 0 spiro atoms. The van der Waals surface area contributed by atoms with Crippen molar-refractivity contribution in [2.24, 2.45) is 0 Å². The van der Waals surface area contributed by atoms with Gasteiger partial charge in [-0.3, -0.25) is 0 Å². The quantitative estimate of drug-likeness (QED) is 0.552. The molecule has 1 nitrogen and oxygen atoms in total. The van der Waals surface area contributed by atoms with Gasteiger partial charge in [0, 0.05) is 4.90 Å². The van der Waals surface area contributed by atoms with Gasteiger partial charge >= 0.3 is 0 Å². The summed E-state index contributed by atoms with van der Waals surface area (Å²) in [5.74, 6) is 0. The van der Waals surface area contributed by atoms with Crippen LogP contribution < -0.4 is 0 Å². The lowest BCUT2D eigenvalue weighted by molar-refractivity contribution is 0.562. The topological polar surface area (TPSA) is 13.1 Å². The fraction of sp³-hybridized carbons (Fsp3) is 0.429. The molecule has 0 radical (unpaired) electrons. The molecular weight excluding hydrogens is 132 g/mol. The maximum atomic E-state index is 4.64. The van der Waals surface area contributed by atoms with Crippen LogP contribution in [0.15, 0.2) is 27.9 Å². The Morgan fingerprint density at radius 2 is 2.11 bits per heavy atom. The van der Waals surface area contributed by atoms with E-state index in [9.17, 15) is 0 Å². The van der Waals surface area contributed by atoms with E-state index in [4.69, 9.17) is 0 Å². The molecule has 0 bridgehead atoms. The van der Waals surface area contributed by atoms with Crippen molar-refractivity contribution < 1.29 is 4.42 Å². The van der Waals surface area contributed by atoms with Crippen molar-refractivity contribution in [3.8, 4) is 0 Å².